The number of amides is 2. The molecular weight excluding hydrogens is 326 g/mol. The van der Waals surface area contributed by atoms with Gasteiger partial charge in [-0.2, -0.15) is 0 Å². The molecular formula is C16H19N5O2S. The molecule has 1 saturated carbocycles. The van der Waals surface area contributed by atoms with Gasteiger partial charge < -0.3 is 10.6 Å². The molecule has 0 bridgehead atoms. The third-order valence-corrected chi connectivity index (χ3v) is 5.24. The molecule has 2 aromatic rings. The van der Waals surface area contributed by atoms with Crippen LogP contribution in [0.15, 0.2) is 18.5 Å². The van der Waals surface area contributed by atoms with Crippen molar-refractivity contribution in [1.82, 2.24) is 19.9 Å². The van der Waals surface area contributed by atoms with Crippen LogP contribution >= 0.6 is 11.3 Å². The maximum Gasteiger partial charge on any atom is 0.266 e. The molecule has 0 aliphatic heterocycles. The lowest BCUT2D eigenvalue weighted by atomic mass is 10.2. The van der Waals surface area contributed by atoms with Gasteiger partial charge in [0.05, 0.1) is 12.2 Å². The number of carbonyl (C=O) groups excluding carboxylic acids is 2. The van der Waals surface area contributed by atoms with Gasteiger partial charge in [-0.1, -0.05) is 12.8 Å². The largest absolute Gasteiger partial charge is 0.368 e. The summed E-state index contributed by atoms with van der Waals surface area (Å²) in [6, 6.07) is 1.80. The van der Waals surface area contributed by atoms with Crippen LogP contribution in [0.4, 0.5) is 0 Å². The molecule has 24 heavy (non-hydrogen) atoms. The Kier molecular flexibility index (Phi) is 4.84. The molecule has 0 aromatic carbocycles. The predicted octanol–water partition coefficient (Wildman–Crippen LogP) is 1.78. The van der Waals surface area contributed by atoms with E-state index in [2.05, 4.69) is 15.0 Å². The van der Waals surface area contributed by atoms with E-state index in [1.807, 2.05) is 0 Å². The van der Waals surface area contributed by atoms with Crippen molar-refractivity contribution in [3.8, 4) is 10.8 Å². The van der Waals surface area contributed by atoms with Gasteiger partial charge in [0.2, 0.25) is 5.91 Å². The average Bonchev–Trinajstić information content (AvgIpc) is 3.22. The first-order chi connectivity index (χ1) is 11.6. The van der Waals surface area contributed by atoms with Crippen molar-refractivity contribution in [2.45, 2.75) is 38.6 Å². The minimum absolute atomic E-state index is 0.0575. The van der Waals surface area contributed by atoms with Gasteiger partial charge in [0.1, 0.15) is 4.88 Å². The molecule has 0 radical (unpaired) electrons. The zero-order chi connectivity index (χ0) is 17.1. The van der Waals surface area contributed by atoms with Gasteiger partial charge in [0, 0.05) is 18.4 Å². The fraction of sp³-hybridized carbons (Fsp3) is 0.438. The molecule has 1 aliphatic rings. The molecule has 7 nitrogen and oxygen atoms in total. The zero-order valence-electron chi connectivity index (χ0n) is 13.4. The van der Waals surface area contributed by atoms with Gasteiger partial charge in [-0.15, -0.1) is 11.3 Å². The number of nitrogens with two attached hydrogens (primary N) is 1. The molecule has 0 spiro atoms. The predicted molar refractivity (Wildman–Crippen MR) is 90.4 cm³/mol. The number of nitrogens with zero attached hydrogens (tertiary/aromatic N) is 4. The highest BCUT2D eigenvalue weighted by Crippen LogP contribution is 2.29. The molecule has 1 aliphatic carbocycles. The molecule has 0 atom stereocenters. The maximum absolute atomic E-state index is 13.0. The van der Waals surface area contributed by atoms with Crippen LogP contribution in [-0.2, 0) is 4.79 Å². The number of primary amides is 1. The van der Waals surface area contributed by atoms with Crippen LogP contribution in [0.2, 0.25) is 0 Å². The number of hydrogen-bond acceptors (Lipinski definition) is 6. The molecule has 8 heteroatoms. The summed E-state index contributed by atoms with van der Waals surface area (Å²) in [6.07, 6.45) is 7.23. The molecule has 2 N–H and O–H groups in total. The molecule has 1 fully saturated rings. The molecule has 2 amide bonds. The monoisotopic (exact) mass is 345 g/mol. The lowest BCUT2D eigenvalue weighted by molar-refractivity contribution is -0.119. The van der Waals surface area contributed by atoms with E-state index < -0.39 is 5.91 Å². The minimum Gasteiger partial charge on any atom is -0.368 e. The third-order valence-electron chi connectivity index (χ3n) is 4.10. The lowest BCUT2D eigenvalue weighted by Gasteiger charge is -2.27. The highest BCUT2D eigenvalue weighted by molar-refractivity contribution is 7.17. The summed E-state index contributed by atoms with van der Waals surface area (Å²) in [5.41, 5.74) is 5.97. The first kappa shape index (κ1) is 16.5. The van der Waals surface area contributed by atoms with E-state index in [1.165, 1.54) is 11.3 Å². The SMILES string of the molecule is Cc1nc(-c2ncccn2)sc1C(=O)N(CC(N)=O)C1CCCC1. The summed E-state index contributed by atoms with van der Waals surface area (Å²) in [5.74, 6) is -0.186. The van der Waals surface area contributed by atoms with Gasteiger partial charge in [0.25, 0.3) is 5.91 Å². The Hall–Kier alpha value is -2.35. The van der Waals surface area contributed by atoms with Crippen molar-refractivity contribution in [2.75, 3.05) is 6.54 Å². The summed E-state index contributed by atoms with van der Waals surface area (Å²) < 4.78 is 0. The van der Waals surface area contributed by atoms with Crippen molar-refractivity contribution >= 4 is 23.2 Å². The second-order valence-corrected chi connectivity index (χ2v) is 6.84. The van der Waals surface area contributed by atoms with Gasteiger partial charge >= 0.3 is 0 Å². The Morgan fingerprint density at radius 3 is 2.58 bits per heavy atom. The van der Waals surface area contributed by atoms with E-state index in [1.54, 1.807) is 30.3 Å². The molecule has 3 rings (SSSR count). The van der Waals surface area contributed by atoms with Crippen LogP contribution in [0.5, 0.6) is 0 Å². The summed E-state index contributed by atoms with van der Waals surface area (Å²) in [5, 5.41) is 0.599. The summed E-state index contributed by atoms with van der Waals surface area (Å²) >= 11 is 1.26. The first-order valence-corrected chi connectivity index (χ1v) is 8.72. The molecule has 0 unspecified atom stereocenters. The van der Waals surface area contributed by atoms with E-state index in [9.17, 15) is 9.59 Å². The fourth-order valence-corrected chi connectivity index (χ4v) is 3.95. The zero-order valence-corrected chi connectivity index (χ0v) is 14.3. The maximum atomic E-state index is 13.0. The normalized spacial score (nSPS) is 14.7. The van der Waals surface area contributed by atoms with Crippen molar-refractivity contribution in [2.24, 2.45) is 5.73 Å². The minimum atomic E-state index is -0.496. The molecule has 126 valence electrons. The highest BCUT2D eigenvalue weighted by atomic mass is 32.1. The van der Waals surface area contributed by atoms with Gasteiger partial charge in [-0.3, -0.25) is 9.59 Å². The van der Waals surface area contributed by atoms with E-state index in [-0.39, 0.29) is 18.5 Å². The highest BCUT2D eigenvalue weighted by Gasteiger charge is 2.31. The standard InChI is InChI=1S/C16H19N5O2S/c1-10-13(24-15(20-10)14-18-7-4-8-19-14)16(23)21(9-12(17)22)11-5-2-3-6-11/h4,7-8,11H,2-3,5-6,9H2,1H3,(H2,17,22). The average molecular weight is 345 g/mol. The third kappa shape index (κ3) is 3.43. The Morgan fingerprint density at radius 1 is 1.29 bits per heavy atom. The van der Waals surface area contributed by atoms with Crippen LogP contribution in [-0.4, -0.2) is 44.3 Å². The van der Waals surface area contributed by atoms with Gasteiger partial charge in [-0.25, -0.2) is 15.0 Å². The van der Waals surface area contributed by atoms with Gasteiger partial charge in [0.15, 0.2) is 10.8 Å². The Balaban J connectivity index is 1.89. The van der Waals surface area contributed by atoms with Crippen LogP contribution in [0.25, 0.3) is 10.8 Å². The van der Waals surface area contributed by atoms with Crippen LogP contribution in [0.3, 0.4) is 0 Å². The molecule has 2 heterocycles. The number of hydrogen-bond donors (Lipinski definition) is 1. The number of aromatic nitrogens is 3. The fourth-order valence-electron chi connectivity index (χ4n) is 2.98. The van der Waals surface area contributed by atoms with Crippen LogP contribution in [0.1, 0.15) is 41.0 Å². The number of aryl methyl sites for hydroxylation is 1. The lowest BCUT2D eigenvalue weighted by Crippen LogP contribution is -2.44. The molecule has 0 saturated heterocycles. The van der Waals surface area contributed by atoms with Crippen molar-refractivity contribution < 1.29 is 9.59 Å². The van der Waals surface area contributed by atoms with Gasteiger partial charge in [-0.05, 0) is 25.8 Å². The summed E-state index contributed by atoms with van der Waals surface area (Å²) in [4.78, 5) is 39.3. The van der Waals surface area contributed by atoms with E-state index >= 15 is 0 Å². The topological polar surface area (TPSA) is 102 Å². The quantitative estimate of drug-likeness (QED) is 0.890. The van der Waals surface area contributed by atoms with Crippen molar-refractivity contribution in [1.29, 1.82) is 0 Å². The Morgan fingerprint density at radius 2 is 1.96 bits per heavy atom. The molecule has 2 aromatic heterocycles. The summed E-state index contributed by atoms with van der Waals surface area (Å²) in [7, 11) is 0. The van der Waals surface area contributed by atoms with Crippen molar-refractivity contribution in [3.05, 3.63) is 29.0 Å². The number of carbonyl (C=O) groups is 2. The van der Waals surface area contributed by atoms with Crippen molar-refractivity contribution in [3.63, 3.8) is 0 Å². The number of thiazole rings is 1. The van der Waals surface area contributed by atoms with E-state index in [0.717, 1.165) is 25.7 Å². The Labute approximate surface area is 143 Å². The van der Waals surface area contributed by atoms with E-state index in [4.69, 9.17) is 5.73 Å². The smallest absolute Gasteiger partial charge is 0.266 e. The Bertz CT molecular complexity index is 740. The van der Waals surface area contributed by atoms with Crippen LogP contribution < -0.4 is 5.73 Å². The van der Waals surface area contributed by atoms with Crippen LogP contribution in [0, 0.1) is 6.92 Å². The second-order valence-electron chi connectivity index (χ2n) is 5.84. The second kappa shape index (κ2) is 7.04. The first-order valence-electron chi connectivity index (χ1n) is 7.90. The van der Waals surface area contributed by atoms with E-state index in [0.29, 0.717) is 21.4 Å². The summed E-state index contributed by atoms with van der Waals surface area (Å²) in [6.45, 7) is 1.73. The number of rotatable bonds is 5.